The Morgan fingerprint density at radius 3 is 2.55 bits per heavy atom. The van der Waals surface area contributed by atoms with Crippen molar-refractivity contribution in [2.24, 2.45) is 5.73 Å². The van der Waals surface area contributed by atoms with E-state index in [2.05, 4.69) is 0 Å². The number of benzene rings is 1. The van der Waals surface area contributed by atoms with Crippen molar-refractivity contribution in [2.75, 3.05) is 0 Å². The molecule has 2 N–H and O–H groups in total. The highest BCUT2D eigenvalue weighted by molar-refractivity contribution is 5.94. The zero-order valence-corrected chi connectivity index (χ0v) is 11.1. The summed E-state index contributed by atoms with van der Waals surface area (Å²) in [5.41, 5.74) is 5.34. The molecule has 0 fully saturated rings. The van der Waals surface area contributed by atoms with Gasteiger partial charge in [-0.1, -0.05) is 18.2 Å². The number of amides is 1. The molecule has 0 aliphatic rings. The second-order valence-electron chi connectivity index (χ2n) is 4.33. The number of nitrogens with two attached hydrogens (primary N) is 1. The Balaban J connectivity index is 2.54. The van der Waals surface area contributed by atoms with Gasteiger partial charge in [0, 0.05) is 24.4 Å². The number of aryl methyl sites for hydroxylation is 1. The van der Waals surface area contributed by atoms with Crippen LogP contribution in [-0.2, 0) is 13.1 Å². The monoisotopic (exact) mass is 273 g/mol. The van der Waals surface area contributed by atoms with Crippen LogP contribution in [0.1, 0.15) is 22.8 Å². The Bertz CT molecular complexity index is 759. The number of hydrogen-bond donors (Lipinski definition) is 1. The Hall–Kier alpha value is -2.63. The molecule has 0 atom stereocenters. The number of primary amides is 1. The third-order valence-corrected chi connectivity index (χ3v) is 3.09. The molecule has 0 aliphatic carbocycles. The van der Waals surface area contributed by atoms with Crippen molar-refractivity contribution in [1.29, 1.82) is 0 Å². The lowest BCUT2D eigenvalue weighted by atomic mass is 10.1. The molecule has 1 heterocycles. The van der Waals surface area contributed by atoms with Crippen molar-refractivity contribution in [3.63, 3.8) is 0 Å². The fourth-order valence-electron chi connectivity index (χ4n) is 2.01. The van der Waals surface area contributed by atoms with Crippen LogP contribution in [0.5, 0.6) is 0 Å². The van der Waals surface area contributed by atoms with Gasteiger partial charge in [0.1, 0.15) is 0 Å². The SMILES string of the molecule is CCn1ccc(=O)n(Cc2ccccc2C(N)=O)c1=O. The molecule has 0 spiro atoms. The van der Waals surface area contributed by atoms with Crippen LogP contribution >= 0.6 is 0 Å². The van der Waals surface area contributed by atoms with Gasteiger partial charge in [-0.3, -0.25) is 14.2 Å². The molecule has 2 rings (SSSR count). The maximum absolute atomic E-state index is 12.1. The molecule has 1 amide bonds. The van der Waals surface area contributed by atoms with Gasteiger partial charge in [-0.05, 0) is 18.6 Å². The minimum atomic E-state index is -0.583. The van der Waals surface area contributed by atoms with Gasteiger partial charge in [-0.25, -0.2) is 4.79 Å². The summed E-state index contributed by atoms with van der Waals surface area (Å²) in [6, 6.07) is 7.99. The van der Waals surface area contributed by atoms with Crippen LogP contribution in [0.3, 0.4) is 0 Å². The van der Waals surface area contributed by atoms with Crippen LogP contribution < -0.4 is 17.0 Å². The normalized spacial score (nSPS) is 10.4. The molecule has 6 heteroatoms. The molecule has 0 radical (unpaired) electrons. The Morgan fingerprint density at radius 2 is 1.90 bits per heavy atom. The second kappa shape index (κ2) is 5.56. The number of hydrogen-bond acceptors (Lipinski definition) is 3. The van der Waals surface area contributed by atoms with Gasteiger partial charge in [-0.2, -0.15) is 0 Å². The van der Waals surface area contributed by atoms with E-state index in [1.54, 1.807) is 24.3 Å². The molecule has 0 bridgehead atoms. The van der Waals surface area contributed by atoms with E-state index in [9.17, 15) is 14.4 Å². The lowest BCUT2D eigenvalue weighted by molar-refractivity contribution is 0.0999. The van der Waals surface area contributed by atoms with E-state index in [0.717, 1.165) is 4.57 Å². The smallest absolute Gasteiger partial charge is 0.331 e. The van der Waals surface area contributed by atoms with Crippen molar-refractivity contribution in [1.82, 2.24) is 9.13 Å². The quantitative estimate of drug-likeness (QED) is 0.861. The van der Waals surface area contributed by atoms with E-state index in [1.807, 2.05) is 6.92 Å². The first-order valence-corrected chi connectivity index (χ1v) is 6.22. The molecule has 1 aromatic heterocycles. The molecule has 2 aromatic rings. The van der Waals surface area contributed by atoms with Crippen LogP contribution in [0.4, 0.5) is 0 Å². The van der Waals surface area contributed by atoms with E-state index in [-0.39, 0.29) is 6.54 Å². The average Bonchev–Trinajstić information content (AvgIpc) is 2.44. The second-order valence-corrected chi connectivity index (χ2v) is 4.33. The van der Waals surface area contributed by atoms with Crippen molar-refractivity contribution in [2.45, 2.75) is 20.0 Å². The van der Waals surface area contributed by atoms with Crippen LogP contribution in [0.2, 0.25) is 0 Å². The fourth-order valence-corrected chi connectivity index (χ4v) is 2.01. The molecule has 0 aliphatic heterocycles. The van der Waals surface area contributed by atoms with Gasteiger partial charge in [-0.15, -0.1) is 0 Å². The summed E-state index contributed by atoms with van der Waals surface area (Å²) in [6.45, 7) is 2.31. The lowest BCUT2D eigenvalue weighted by Crippen LogP contribution is -2.39. The highest BCUT2D eigenvalue weighted by Gasteiger charge is 2.10. The third kappa shape index (κ3) is 2.54. The van der Waals surface area contributed by atoms with E-state index in [1.165, 1.54) is 16.8 Å². The van der Waals surface area contributed by atoms with Crippen molar-refractivity contribution in [3.8, 4) is 0 Å². The van der Waals surface area contributed by atoms with Crippen LogP contribution in [0, 0.1) is 0 Å². The van der Waals surface area contributed by atoms with Gasteiger partial charge < -0.3 is 10.3 Å². The maximum atomic E-state index is 12.1. The number of carbonyl (C=O) groups excluding carboxylic acids is 1. The summed E-state index contributed by atoms with van der Waals surface area (Å²) >= 11 is 0. The van der Waals surface area contributed by atoms with Gasteiger partial charge in [0.05, 0.1) is 6.54 Å². The molecule has 104 valence electrons. The van der Waals surface area contributed by atoms with Gasteiger partial charge in [0.25, 0.3) is 5.56 Å². The predicted molar refractivity (Wildman–Crippen MR) is 74.7 cm³/mol. The molecule has 0 saturated carbocycles. The van der Waals surface area contributed by atoms with E-state index < -0.39 is 17.2 Å². The van der Waals surface area contributed by atoms with Crippen molar-refractivity contribution < 1.29 is 4.79 Å². The Kier molecular flexibility index (Phi) is 3.84. The Labute approximate surface area is 115 Å². The zero-order valence-electron chi connectivity index (χ0n) is 11.1. The van der Waals surface area contributed by atoms with Crippen molar-refractivity contribution >= 4 is 5.91 Å². The molecular weight excluding hydrogens is 258 g/mol. The minimum Gasteiger partial charge on any atom is -0.366 e. The molecule has 0 saturated heterocycles. The summed E-state index contributed by atoms with van der Waals surface area (Å²) in [5.74, 6) is -0.583. The number of nitrogens with zero attached hydrogens (tertiary/aromatic N) is 2. The first-order chi connectivity index (χ1) is 9.54. The topological polar surface area (TPSA) is 87.1 Å². The van der Waals surface area contributed by atoms with E-state index >= 15 is 0 Å². The zero-order chi connectivity index (χ0) is 14.7. The van der Waals surface area contributed by atoms with Crippen LogP contribution in [0.25, 0.3) is 0 Å². The Morgan fingerprint density at radius 1 is 1.20 bits per heavy atom. The molecule has 6 nitrogen and oxygen atoms in total. The summed E-state index contributed by atoms with van der Waals surface area (Å²) in [6.07, 6.45) is 1.46. The summed E-state index contributed by atoms with van der Waals surface area (Å²) in [5, 5.41) is 0. The standard InChI is InChI=1S/C14H15N3O3/c1-2-16-8-7-12(18)17(14(16)20)9-10-5-3-4-6-11(10)13(15)19/h3-8H,2,9H2,1H3,(H2,15,19). The predicted octanol–water partition coefficient (Wildman–Crippen LogP) is 0.177. The average molecular weight is 273 g/mol. The van der Waals surface area contributed by atoms with Gasteiger partial charge >= 0.3 is 5.69 Å². The fraction of sp³-hybridized carbons (Fsp3) is 0.214. The highest BCUT2D eigenvalue weighted by Crippen LogP contribution is 2.08. The first kappa shape index (κ1) is 13.8. The summed E-state index contributed by atoms with van der Waals surface area (Å²) in [7, 11) is 0. The maximum Gasteiger partial charge on any atom is 0.331 e. The van der Waals surface area contributed by atoms with E-state index in [0.29, 0.717) is 17.7 Å². The van der Waals surface area contributed by atoms with Crippen LogP contribution in [-0.4, -0.2) is 15.0 Å². The van der Waals surface area contributed by atoms with E-state index in [4.69, 9.17) is 5.73 Å². The lowest BCUT2D eigenvalue weighted by Gasteiger charge is -2.10. The van der Waals surface area contributed by atoms with Gasteiger partial charge in [0.15, 0.2) is 0 Å². The van der Waals surface area contributed by atoms with Crippen LogP contribution in [0.15, 0.2) is 46.1 Å². The summed E-state index contributed by atoms with van der Waals surface area (Å²) in [4.78, 5) is 35.3. The third-order valence-electron chi connectivity index (χ3n) is 3.09. The molecule has 0 unspecified atom stereocenters. The number of carbonyl (C=O) groups is 1. The van der Waals surface area contributed by atoms with Gasteiger partial charge in [0.2, 0.25) is 5.91 Å². The number of aromatic nitrogens is 2. The summed E-state index contributed by atoms with van der Waals surface area (Å²) < 4.78 is 2.51. The first-order valence-electron chi connectivity index (χ1n) is 6.22. The molecule has 1 aromatic carbocycles. The largest absolute Gasteiger partial charge is 0.366 e. The molecule has 20 heavy (non-hydrogen) atoms. The van der Waals surface area contributed by atoms with Crippen molar-refractivity contribution in [3.05, 3.63) is 68.5 Å². The highest BCUT2D eigenvalue weighted by atomic mass is 16.2. The number of rotatable bonds is 4. The minimum absolute atomic E-state index is 0.0254. The molecular formula is C14H15N3O3.